The molecule has 5 rings (SSSR count). The van der Waals surface area contributed by atoms with Crippen LogP contribution in [0.4, 0.5) is 14.9 Å². The lowest BCUT2D eigenvalue weighted by Gasteiger charge is -2.38. The molecule has 1 fully saturated rings. The van der Waals surface area contributed by atoms with Crippen molar-refractivity contribution in [2.75, 3.05) is 43.5 Å². The summed E-state index contributed by atoms with van der Waals surface area (Å²) in [6.45, 7) is 4.85. The Morgan fingerprint density at radius 1 is 1.14 bits per heavy atom. The van der Waals surface area contributed by atoms with Gasteiger partial charge in [-0.3, -0.25) is 19.0 Å². The van der Waals surface area contributed by atoms with E-state index in [-0.39, 0.29) is 50.2 Å². The summed E-state index contributed by atoms with van der Waals surface area (Å²) in [4.78, 5) is 51.8. The molecular formula is C35H47ClFN7O6S. The molecule has 51 heavy (non-hydrogen) atoms. The molecule has 4 heterocycles. The van der Waals surface area contributed by atoms with Gasteiger partial charge in [0.15, 0.2) is 0 Å². The van der Waals surface area contributed by atoms with Gasteiger partial charge in [0.25, 0.3) is 0 Å². The number of amides is 3. The van der Waals surface area contributed by atoms with Gasteiger partial charge in [0.2, 0.25) is 21.8 Å². The van der Waals surface area contributed by atoms with Crippen molar-refractivity contribution in [3.8, 4) is 0 Å². The van der Waals surface area contributed by atoms with Gasteiger partial charge in [-0.15, -0.1) is 0 Å². The molecule has 1 saturated heterocycles. The van der Waals surface area contributed by atoms with E-state index in [0.29, 0.717) is 60.8 Å². The third kappa shape index (κ3) is 9.16. The first-order valence-corrected chi connectivity index (χ1v) is 19.7. The van der Waals surface area contributed by atoms with Gasteiger partial charge in [0, 0.05) is 50.4 Å². The molecule has 0 aliphatic carbocycles. The third-order valence-electron chi connectivity index (χ3n) is 9.58. The zero-order valence-electron chi connectivity index (χ0n) is 29.2. The number of aromatic nitrogens is 3. The van der Waals surface area contributed by atoms with Crippen LogP contribution in [0, 0.1) is 0 Å². The molecular weight excluding hydrogens is 701 g/mol. The molecule has 278 valence electrons. The molecule has 16 heteroatoms. The van der Waals surface area contributed by atoms with Crippen LogP contribution in [0.5, 0.6) is 0 Å². The number of nitrogens with zero attached hydrogens (tertiary/aromatic N) is 5. The molecule has 0 saturated carbocycles. The van der Waals surface area contributed by atoms with Crippen LogP contribution in [0.1, 0.15) is 76.6 Å². The fourth-order valence-corrected chi connectivity index (χ4v) is 8.01. The standard InChI is InChI=1S/C35H47ClFN7O6S/c1-3-4-6-15-39-32(45)11-20-51(48,49)40-22-25(2)50-34(47)42-18-12-35(13-19-42)27-10-16-38-23-30(27)44(33(35)46)24-31-41-28-21-26(36)8-9-29(28)43(31)17-7-5-14-37/h8-10,16,21,23,25,40H,3-7,11-15,17-20,22,24H2,1-2H3,(H,39,45)/t25-/m1/s1. The Balaban J connectivity index is 1.18. The molecule has 0 bridgehead atoms. The van der Waals surface area contributed by atoms with E-state index in [0.717, 1.165) is 30.3 Å². The van der Waals surface area contributed by atoms with Gasteiger partial charge in [-0.25, -0.2) is 22.9 Å². The number of likely N-dealkylation sites (tertiary alicyclic amines) is 1. The van der Waals surface area contributed by atoms with Crippen LogP contribution in [0.2, 0.25) is 5.02 Å². The van der Waals surface area contributed by atoms with E-state index in [1.54, 1.807) is 36.4 Å². The number of hydrogen-bond donors (Lipinski definition) is 2. The SMILES string of the molecule is CCCCCNC(=O)CCS(=O)(=O)NC[C@@H](C)OC(=O)N1CCC2(CC1)C(=O)N(Cc1nc3cc(Cl)ccc3n1CCCCF)c1cnccc12. The molecule has 3 aromatic rings. The first-order valence-electron chi connectivity index (χ1n) is 17.6. The largest absolute Gasteiger partial charge is 0.445 e. The second-order valence-electron chi connectivity index (χ2n) is 13.2. The normalized spacial score (nSPS) is 16.1. The van der Waals surface area contributed by atoms with Crippen LogP contribution in [0.3, 0.4) is 0 Å². The highest BCUT2D eigenvalue weighted by atomic mass is 35.5. The average Bonchev–Trinajstić information content (AvgIpc) is 3.56. The number of sulfonamides is 1. The maximum atomic E-state index is 14.4. The summed E-state index contributed by atoms with van der Waals surface area (Å²) in [5.41, 5.74) is 2.22. The number of anilines is 1. The number of halogens is 2. The van der Waals surface area contributed by atoms with Crippen LogP contribution in [-0.4, -0.2) is 90.5 Å². The van der Waals surface area contributed by atoms with Crippen molar-refractivity contribution in [2.45, 2.75) is 89.8 Å². The number of imidazole rings is 1. The predicted octanol–water partition coefficient (Wildman–Crippen LogP) is 4.86. The molecule has 2 aliphatic heterocycles. The minimum Gasteiger partial charge on any atom is -0.445 e. The molecule has 13 nitrogen and oxygen atoms in total. The third-order valence-corrected chi connectivity index (χ3v) is 11.2. The molecule has 3 amide bonds. The highest BCUT2D eigenvalue weighted by molar-refractivity contribution is 7.89. The molecule has 1 spiro atoms. The molecule has 1 atom stereocenters. The fraction of sp³-hybridized carbons (Fsp3) is 0.571. The van der Waals surface area contributed by atoms with Gasteiger partial charge >= 0.3 is 6.09 Å². The predicted molar refractivity (Wildman–Crippen MR) is 193 cm³/mol. The minimum atomic E-state index is -3.75. The van der Waals surface area contributed by atoms with E-state index < -0.39 is 34.3 Å². The van der Waals surface area contributed by atoms with E-state index in [1.807, 2.05) is 16.7 Å². The van der Waals surface area contributed by atoms with Crippen molar-refractivity contribution in [1.82, 2.24) is 29.5 Å². The fourth-order valence-electron chi connectivity index (χ4n) is 6.75. The number of unbranched alkanes of at least 4 members (excludes halogenated alkanes) is 3. The monoisotopic (exact) mass is 747 g/mol. The number of carbonyl (C=O) groups is 3. The number of pyridine rings is 1. The van der Waals surface area contributed by atoms with Gasteiger partial charge in [-0.2, -0.15) is 0 Å². The van der Waals surface area contributed by atoms with Crippen molar-refractivity contribution < 1.29 is 31.9 Å². The molecule has 2 aliphatic rings. The van der Waals surface area contributed by atoms with Crippen molar-refractivity contribution in [2.24, 2.45) is 0 Å². The number of aryl methyl sites for hydroxylation is 1. The number of nitrogens with one attached hydrogen (secondary N) is 2. The Morgan fingerprint density at radius 3 is 2.67 bits per heavy atom. The van der Waals surface area contributed by atoms with Gasteiger partial charge in [0.1, 0.15) is 11.9 Å². The number of rotatable bonds is 17. The van der Waals surface area contributed by atoms with Crippen molar-refractivity contribution in [3.05, 3.63) is 53.1 Å². The summed E-state index contributed by atoms with van der Waals surface area (Å²) in [7, 11) is -3.75. The smallest absolute Gasteiger partial charge is 0.410 e. The summed E-state index contributed by atoms with van der Waals surface area (Å²) >= 11 is 6.25. The summed E-state index contributed by atoms with van der Waals surface area (Å²) in [5, 5.41) is 3.27. The van der Waals surface area contributed by atoms with Crippen LogP contribution in [-0.2, 0) is 42.9 Å². The topological polar surface area (TPSA) is 156 Å². The van der Waals surface area contributed by atoms with Crippen LogP contribution >= 0.6 is 11.6 Å². The zero-order chi connectivity index (χ0) is 36.6. The lowest BCUT2D eigenvalue weighted by molar-refractivity contribution is -0.125. The van der Waals surface area contributed by atoms with Crippen molar-refractivity contribution in [1.29, 1.82) is 0 Å². The van der Waals surface area contributed by atoms with Crippen molar-refractivity contribution >= 4 is 56.3 Å². The Kier molecular flexibility index (Phi) is 12.9. The van der Waals surface area contributed by atoms with E-state index in [2.05, 4.69) is 21.9 Å². The summed E-state index contributed by atoms with van der Waals surface area (Å²) in [6.07, 6.45) is 6.43. The summed E-state index contributed by atoms with van der Waals surface area (Å²) in [5.74, 6) is -0.133. The van der Waals surface area contributed by atoms with E-state index in [1.165, 1.54) is 4.90 Å². The molecule has 0 radical (unpaired) electrons. The van der Waals surface area contributed by atoms with Gasteiger partial charge < -0.3 is 24.4 Å². The number of alkyl halides is 1. The van der Waals surface area contributed by atoms with Crippen molar-refractivity contribution in [3.63, 3.8) is 0 Å². The Morgan fingerprint density at radius 2 is 1.92 bits per heavy atom. The molecule has 1 aromatic carbocycles. The quantitative estimate of drug-likeness (QED) is 0.186. The molecule has 2 N–H and O–H groups in total. The number of hydrogen-bond acceptors (Lipinski definition) is 8. The maximum absolute atomic E-state index is 14.4. The maximum Gasteiger partial charge on any atom is 0.410 e. The van der Waals surface area contributed by atoms with Gasteiger partial charge in [-0.1, -0.05) is 31.4 Å². The number of ether oxygens (including phenoxy) is 1. The summed E-state index contributed by atoms with van der Waals surface area (Å²) in [6, 6.07) is 7.30. The average molecular weight is 748 g/mol. The minimum absolute atomic E-state index is 0.101. The molecule has 0 unspecified atom stereocenters. The second kappa shape index (κ2) is 17.1. The van der Waals surface area contributed by atoms with E-state index in [4.69, 9.17) is 21.3 Å². The summed E-state index contributed by atoms with van der Waals surface area (Å²) < 4.78 is 47.9. The first kappa shape index (κ1) is 38.4. The number of fused-ring (bicyclic) bond motifs is 3. The lowest BCUT2D eigenvalue weighted by Crippen LogP contribution is -2.50. The number of piperidine rings is 1. The molecule has 2 aromatic heterocycles. The van der Waals surface area contributed by atoms with Crippen LogP contribution in [0.15, 0.2) is 36.7 Å². The first-order chi connectivity index (χ1) is 24.5. The van der Waals surface area contributed by atoms with E-state index >= 15 is 0 Å². The van der Waals surface area contributed by atoms with Crippen LogP contribution < -0.4 is 14.9 Å². The Labute approximate surface area is 303 Å². The Bertz CT molecular complexity index is 1810. The Hall–Kier alpha value is -3.82. The highest BCUT2D eigenvalue weighted by Gasteiger charge is 2.53. The van der Waals surface area contributed by atoms with E-state index in [9.17, 15) is 27.2 Å². The number of benzene rings is 1. The van der Waals surface area contributed by atoms with Gasteiger partial charge in [-0.05, 0) is 68.9 Å². The second-order valence-corrected chi connectivity index (χ2v) is 15.6. The van der Waals surface area contributed by atoms with Crippen LogP contribution in [0.25, 0.3) is 11.0 Å². The zero-order valence-corrected chi connectivity index (χ0v) is 30.8. The van der Waals surface area contributed by atoms with Gasteiger partial charge in [0.05, 0.1) is 47.3 Å². The number of carbonyl (C=O) groups excluding carboxylic acids is 3. The highest BCUT2D eigenvalue weighted by Crippen LogP contribution is 2.48. The lowest BCUT2D eigenvalue weighted by atomic mass is 9.74.